The zero-order valence-electron chi connectivity index (χ0n) is 11.2. The van der Waals surface area contributed by atoms with Gasteiger partial charge in [-0.2, -0.15) is 0 Å². The molecule has 3 rings (SSSR count). The summed E-state index contributed by atoms with van der Waals surface area (Å²) in [6.07, 6.45) is 0. The monoisotopic (exact) mass is 286 g/mol. The number of nitrogens with two attached hydrogens (primary N) is 1. The largest absolute Gasteiger partial charge is 0.380 e. The van der Waals surface area contributed by atoms with Crippen LogP contribution in [0.5, 0.6) is 0 Å². The molecule has 0 aliphatic rings. The highest BCUT2D eigenvalue weighted by Gasteiger charge is 2.22. The van der Waals surface area contributed by atoms with E-state index in [1.165, 1.54) is 12.1 Å². The molecule has 0 saturated heterocycles. The van der Waals surface area contributed by atoms with Crippen molar-refractivity contribution in [3.05, 3.63) is 59.7 Å². The average molecular weight is 286 g/mol. The van der Waals surface area contributed by atoms with Gasteiger partial charge in [-0.15, -0.1) is 0 Å². The Kier molecular flexibility index (Phi) is 3.17. The number of anilines is 1. The highest BCUT2D eigenvalue weighted by molar-refractivity contribution is 5.86. The molecule has 21 heavy (non-hydrogen) atoms. The second-order valence-electron chi connectivity index (χ2n) is 4.74. The van der Waals surface area contributed by atoms with Crippen LogP contribution < -0.4 is 5.73 Å². The van der Waals surface area contributed by atoms with Gasteiger partial charge in [-0.1, -0.05) is 29.4 Å². The van der Waals surface area contributed by atoms with E-state index >= 15 is 0 Å². The fourth-order valence-electron chi connectivity index (χ4n) is 2.21. The van der Waals surface area contributed by atoms with Crippen molar-refractivity contribution in [1.29, 1.82) is 0 Å². The fourth-order valence-corrected chi connectivity index (χ4v) is 2.21. The van der Waals surface area contributed by atoms with E-state index in [-0.39, 0.29) is 28.3 Å². The van der Waals surface area contributed by atoms with Crippen LogP contribution in [0, 0.1) is 18.6 Å². The standard InChI is InChI=1S/C16H12F2N2O/c1-9-6-7-11(13(18)8-9)15-14(16(19)20-21-15)10-4-2-3-5-12(10)17/h2-8H,1H3,(H2,19,20). The van der Waals surface area contributed by atoms with Crippen molar-refractivity contribution in [3.8, 4) is 22.5 Å². The van der Waals surface area contributed by atoms with Crippen molar-refractivity contribution in [2.45, 2.75) is 6.92 Å². The van der Waals surface area contributed by atoms with Gasteiger partial charge >= 0.3 is 0 Å². The Balaban J connectivity index is 2.25. The predicted octanol–water partition coefficient (Wildman–Crippen LogP) is 4.18. The van der Waals surface area contributed by atoms with Crippen LogP contribution in [0.2, 0.25) is 0 Å². The van der Waals surface area contributed by atoms with Gasteiger partial charge in [0.1, 0.15) is 11.6 Å². The van der Waals surface area contributed by atoms with Gasteiger partial charge in [0.15, 0.2) is 11.6 Å². The van der Waals surface area contributed by atoms with Gasteiger partial charge in [0.2, 0.25) is 0 Å². The summed E-state index contributed by atoms with van der Waals surface area (Å²) in [5.41, 5.74) is 7.23. The number of aromatic nitrogens is 1. The van der Waals surface area contributed by atoms with Crippen LogP contribution in [0.4, 0.5) is 14.6 Å². The van der Waals surface area contributed by atoms with E-state index in [0.29, 0.717) is 0 Å². The number of benzene rings is 2. The van der Waals surface area contributed by atoms with Crippen LogP contribution in [0.1, 0.15) is 5.56 Å². The van der Waals surface area contributed by atoms with Crippen molar-refractivity contribution < 1.29 is 13.3 Å². The lowest BCUT2D eigenvalue weighted by Crippen LogP contribution is -1.92. The summed E-state index contributed by atoms with van der Waals surface area (Å²) in [6.45, 7) is 1.78. The van der Waals surface area contributed by atoms with Gasteiger partial charge in [0.05, 0.1) is 11.1 Å². The molecule has 0 amide bonds. The number of nitrogens with zero attached hydrogens (tertiary/aromatic N) is 1. The molecule has 5 heteroatoms. The minimum atomic E-state index is -0.471. The van der Waals surface area contributed by atoms with Crippen molar-refractivity contribution in [2.75, 3.05) is 5.73 Å². The molecule has 0 unspecified atom stereocenters. The Labute approximate surface area is 120 Å². The average Bonchev–Trinajstić information content (AvgIpc) is 2.81. The van der Waals surface area contributed by atoms with E-state index in [0.717, 1.165) is 5.56 Å². The second kappa shape index (κ2) is 5.01. The first-order valence-electron chi connectivity index (χ1n) is 6.34. The second-order valence-corrected chi connectivity index (χ2v) is 4.74. The molecule has 0 fully saturated rings. The SMILES string of the molecule is Cc1ccc(-c2onc(N)c2-c2ccccc2F)c(F)c1. The molecule has 3 aromatic rings. The van der Waals surface area contributed by atoms with Crippen molar-refractivity contribution in [1.82, 2.24) is 5.16 Å². The molecule has 0 bridgehead atoms. The van der Waals surface area contributed by atoms with Crippen LogP contribution in [-0.2, 0) is 0 Å². The minimum absolute atomic E-state index is 0.0232. The maximum Gasteiger partial charge on any atom is 0.179 e. The summed E-state index contributed by atoms with van der Waals surface area (Å²) >= 11 is 0. The molecule has 2 N–H and O–H groups in total. The van der Waals surface area contributed by atoms with Crippen molar-refractivity contribution in [2.24, 2.45) is 0 Å². The maximum absolute atomic E-state index is 14.1. The fraction of sp³-hybridized carbons (Fsp3) is 0.0625. The summed E-state index contributed by atoms with van der Waals surface area (Å²) in [5, 5.41) is 3.64. The lowest BCUT2D eigenvalue weighted by molar-refractivity contribution is 0.433. The van der Waals surface area contributed by atoms with E-state index < -0.39 is 11.6 Å². The smallest absolute Gasteiger partial charge is 0.179 e. The molecule has 3 nitrogen and oxygen atoms in total. The number of hydrogen-bond donors (Lipinski definition) is 1. The molecular weight excluding hydrogens is 274 g/mol. The highest BCUT2D eigenvalue weighted by atomic mass is 19.1. The number of hydrogen-bond acceptors (Lipinski definition) is 3. The van der Waals surface area contributed by atoms with Crippen molar-refractivity contribution in [3.63, 3.8) is 0 Å². The van der Waals surface area contributed by atoms with E-state index in [1.54, 1.807) is 37.3 Å². The molecule has 1 heterocycles. The first-order valence-corrected chi connectivity index (χ1v) is 6.34. The van der Waals surface area contributed by atoms with Gasteiger partial charge in [0, 0.05) is 5.56 Å². The van der Waals surface area contributed by atoms with Gasteiger partial charge in [-0.25, -0.2) is 8.78 Å². The number of halogens is 2. The Hall–Kier alpha value is -2.69. The zero-order valence-corrected chi connectivity index (χ0v) is 11.2. The lowest BCUT2D eigenvalue weighted by atomic mass is 10.00. The zero-order chi connectivity index (χ0) is 15.0. The molecule has 1 aromatic heterocycles. The first kappa shape index (κ1) is 13.3. The first-order chi connectivity index (χ1) is 10.1. The van der Waals surface area contributed by atoms with Crippen molar-refractivity contribution >= 4 is 5.82 Å². The van der Waals surface area contributed by atoms with Crippen LogP contribution >= 0.6 is 0 Å². The summed E-state index contributed by atoms with van der Waals surface area (Å²) in [5.74, 6) is -0.796. The Morgan fingerprint density at radius 1 is 1.00 bits per heavy atom. The molecule has 0 radical (unpaired) electrons. The van der Waals surface area contributed by atoms with E-state index in [4.69, 9.17) is 10.3 Å². The highest BCUT2D eigenvalue weighted by Crippen LogP contribution is 2.38. The summed E-state index contributed by atoms with van der Waals surface area (Å²) in [4.78, 5) is 0. The van der Waals surface area contributed by atoms with Gasteiger partial charge in [-0.05, 0) is 30.7 Å². The molecule has 0 atom stereocenters. The molecule has 0 saturated carbocycles. The van der Waals surface area contributed by atoms with Gasteiger partial charge < -0.3 is 10.3 Å². The van der Waals surface area contributed by atoms with Gasteiger partial charge in [0.25, 0.3) is 0 Å². The summed E-state index contributed by atoms with van der Waals surface area (Å²) < 4.78 is 33.2. The maximum atomic E-state index is 14.1. The quantitative estimate of drug-likeness (QED) is 0.769. The molecular formula is C16H12F2N2O. The predicted molar refractivity (Wildman–Crippen MR) is 76.4 cm³/mol. The van der Waals surface area contributed by atoms with Gasteiger partial charge in [-0.3, -0.25) is 0 Å². The minimum Gasteiger partial charge on any atom is -0.380 e. The topological polar surface area (TPSA) is 52.0 Å². The molecule has 0 spiro atoms. The van der Waals surface area contributed by atoms with E-state index in [9.17, 15) is 8.78 Å². The Morgan fingerprint density at radius 2 is 1.76 bits per heavy atom. The van der Waals surface area contributed by atoms with Crippen LogP contribution in [0.3, 0.4) is 0 Å². The third-order valence-corrected chi connectivity index (χ3v) is 3.23. The lowest BCUT2D eigenvalue weighted by Gasteiger charge is -2.05. The Morgan fingerprint density at radius 3 is 2.48 bits per heavy atom. The molecule has 106 valence electrons. The summed E-state index contributed by atoms with van der Waals surface area (Å²) in [6, 6.07) is 10.8. The van der Waals surface area contributed by atoms with Crippen LogP contribution in [0.15, 0.2) is 47.0 Å². The normalized spacial score (nSPS) is 10.8. The number of rotatable bonds is 2. The number of nitrogen functional groups attached to an aromatic ring is 1. The molecule has 0 aliphatic carbocycles. The molecule has 0 aliphatic heterocycles. The Bertz CT molecular complexity index is 812. The van der Waals surface area contributed by atoms with E-state index in [1.807, 2.05) is 0 Å². The summed E-state index contributed by atoms with van der Waals surface area (Å²) in [7, 11) is 0. The third kappa shape index (κ3) is 2.27. The van der Waals surface area contributed by atoms with Crippen LogP contribution in [0.25, 0.3) is 22.5 Å². The van der Waals surface area contributed by atoms with E-state index in [2.05, 4.69) is 5.16 Å². The third-order valence-electron chi connectivity index (χ3n) is 3.23. The van der Waals surface area contributed by atoms with Crippen LogP contribution in [-0.4, -0.2) is 5.16 Å². The number of aryl methyl sites for hydroxylation is 1. The molecule has 2 aromatic carbocycles.